The third kappa shape index (κ3) is 5.79. The van der Waals surface area contributed by atoms with Gasteiger partial charge in [-0.1, -0.05) is 41.4 Å². The maximum atomic E-state index is 13.8. The molecule has 6 nitrogen and oxygen atoms in total. The van der Waals surface area contributed by atoms with E-state index in [1.807, 2.05) is 24.3 Å². The molecule has 0 radical (unpaired) electrons. The van der Waals surface area contributed by atoms with Crippen molar-refractivity contribution in [3.8, 4) is 5.75 Å². The molecule has 5 rings (SSSR count). The molecule has 0 aliphatic carbocycles. The summed E-state index contributed by atoms with van der Waals surface area (Å²) in [5.41, 5.74) is 1.73. The molecule has 39 heavy (non-hydrogen) atoms. The second kappa shape index (κ2) is 10.6. The standard InChI is InChI=1S/C28H24Cl2F3N3O3/c29-19-5-1-3-17(13-19)15-27(23-11-6-20(30)14-24(23)35-25(27)37)18-4-2-12-36(16-18)26(38)34-21-7-9-22(10-8-21)39-28(31,32)33/h1,3,5-11,13-14,18H,2,4,12,15-16H2,(H,34,38)(H,35,37). The van der Waals surface area contributed by atoms with Crippen molar-refractivity contribution in [1.82, 2.24) is 4.90 Å². The van der Waals surface area contributed by atoms with Gasteiger partial charge in [0.25, 0.3) is 0 Å². The average molecular weight is 578 g/mol. The molecule has 0 bridgehead atoms. The van der Waals surface area contributed by atoms with Crippen molar-refractivity contribution in [2.75, 3.05) is 23.7 Å². The first-order valence-corrected chi connectivity index (χ1v) is 13.1. The van der Waals surface area contributed by atoms with E-state index in [1.165, 1.54) is 12.1 Å². The van der Waals surface area contributed by atoms with Gasteiger partial charge in [-0.25, -0.2) is 4.79 Å². The van der Waals surface area contributed by atoms with Crippen LogP contribution in [0.5, 0.6) is 5.75 Å². The number of anilines is 2. The van der Waals surface area contributed by atoms with Crippen molar-refractivity contribution in [2.24, 2.45) is 5.92 Å². The molecule has 1 saturated heterocycles. The highest BCUT2D eigenvalue weighted by Gasteiger charge is 2.53. The van der Waals surface area contributed by atoms with Crippen molar-refractivity contribution in [3.63, 3.8) is 0 Å². The number of urea groups is 1. The van der Waals surface area contributed by atoms with Gasteiger partial charge >= 0.3 is 12.4 Å². The maximum Gasteiger partial charge on any atom is 0.573 e. The Morgan fingerprint density at radius 3 is 2.54 bits per heavy atom. The number of carbonyl (C=O) groups excluding carboxylic acids is 2. The van der Waals surface area contributed by atoms with Gasteiger partial charge < -0.3 is 20.3 Å². The van der Waals surface area contributed by atoms with E-state index < -0.39 is 17.8 Å². The Hall–Kier alpha value is -3.43. The zero-order chi connectivity index (χ0) is 27.8. The summed E-state index contributed by atoms with van der Waals surface area (Å²) in [5.74, 6) is -0.763. The number of nitrogens with zero attached hydrogens (tertiary/aromatic N) is 1. The lowest BCUT2D eigenvalue weighted by molar-refractivity contribution is -0.274. The minimum atomic E-state index is -4.80. The van der Waals surface area contributed by atoms with Crippen LogP contribution >= 0.6 is 23.2 Å². The summed E-state index contributed by atoms with van der Waals surface area (Å²) in [4.78, 5) is 28.6. The van der Waals surface area contributed by atoms with E-state index >= 15 is 0 Å². The fourth-order valence-electron chi connectivity index (χ4n) is 5.57. The van der Waals surface area contributed by atoms with Gasteiger partial charge in [0, 0.05) is 34.5 Å². The van der Waals surface area contributed by atoms with Gasteiger partial charge in [0.2, 0.25) is 5.91 Å². The fraction of sp³-hybridized carbons (Fsp3) is 0.286. The average Bonchev–Trinajstić information content (AvgIpc) is 3.15. The van der Waals surface area contributed by atoms with Gasteiger partial charge in [0.05, 0.1) is 5.41 Å². The van der Waals surface area contributed by atoms with Gasteiger partial charge in [0.15, 0.2) is 0 Å². The number of ether oxygens (including phenoxy) is 1. The monoisotopic (exact) mass is 577 g/mol. The second-order valence-electron chi connectivity index (χ2n) is 9.71. The minimum absolute atomic E-state index is 0.160. The summed E-state index contributed by atoms with van der Waals surface area (Å²) in [6.45, 7) is 0.775. The van der Waals surface area contributed by atoms with Gasteiger partial charge in [-0.3, -0.25) is 4.79 Å². The van der Waals surface area contributed by atoms with E-state index in [0.29, 0.717) is 53.8 Å². The van der Waals surface area contributed by atoms with Crippen molar-refractivity contribution >= 4 is 46.5 Å². The minimum Gasteiger partial charge on any atom is -0.406 e. The van der Waals surface area contributed by atoms with E-state index in [1.54, 1.807) is 23.1 Å². The second-order valence-corrected chi connectivity index (χ2v) is 10.6. The molecule has 2 atom stereocenters. The van der Waals surface area contributed by atoms with Crippen LogP contribution in [0.25, 0.3) is 0 Å². The van der Waals surface area contributed by atoms with Crippen LogP contribution in [0, 0.1) is 5.92 Å². The summed E-state index contributed by atoms with van der Waals surface area (Å²) in [5, 5.41) is 6.80. The van der Waals surface area contributed by atoms with Crippen molar-refractivity contribution in [3.05, 3.63) is 87.9 Å². The molecule has 11 heteroatoms. The highest BCUT2D eigenvalue weighted by Crippen LogP contribution is 2.49. The van der Waals surface area contributed by atoms with Crippen LogP contribution in [0.2, 0.25) is 10.0 Å². The number of likely N-dealkylation sites (tertiary alicyclic amines) is 1. The number of benzene rings is 3. The Bertz CT molecular complexity index is 1400. The molecule has 0 saturated carbocycles. The Balaban J connectivity index is 1.40. The van der Waals surface area contributed by atoms with Crippen LogP contribution in [0.1, 0.15) is 24.0 Å². The lowest BCUT2D eigenvalue weighted by Gasteiger charge is -2.42. The van der Waals surface area contributed by atoms with Crippen LogP contribution in [-0.2, 0) is 16.6 Å². The highest BCUT2D eigenvalue weighted by atomic mass is 35.5. The van der Waals surface area contributed by atoms with E-state index in [-0.39, 0.29) is 17.6 Å². The zero-order valence-electron chi connectivity index (χ0n) is 20.5. The Kier molecular flexibility index (Phi) is 7.39. The van der Waals surface area contributed by atoms with Crippen molar-refractivity contribution in [2.45, 2.75) is 31.0 Å². The fourth-order valence-corrected chi connectivity index (χ4v) is 5.95. The summed E-state index contributed by atoms with van der Waals surface area (Å²) >= 11 is 12.5. The van der Waals surface area contributed by atoms with Crippen LogP contribution in [-0.4, -0.2) is 36.3 Å². The largest absolute Gasteiger partial charge is 0.573 e. The number of amides is 3. The predicted octanol–water partition coefficient (Wildman–Crippen LogP) is 7.27. The molecule has 2 unspecified atom stereocenters. The predicted molar refractivity (Wildman–Crippen MR) is 143 cm³/mol. The van der Waals surface area contributed by atoms with Crippen LogP contribution in [0.4, 0.5) is 29.3 Å². The zero-order valence-corrected chi connectivity index (χ0v) is 22.0. The number of nitrogens with one attached hydrogen (secondary N) is 2. The number of halogens is 5. The third-order valence-electron chi connectivity index (χ3n) is 7.23. The Morgan fingerprint density at radius 1 is 1.08 bits per heavy atom. The third-order valence-corrected chi connectivity index (χ3v) is 7.70. The molecule has 2 aliphatic rings. The van der Waals surface area contributed by atoms with Crippen molar-refractivity contribution in [1.29, 1.82) is 0 Å². The first kappa shape index (κ1) is 27.1. The smallest absolute Gasteiger partial charge is 0.406 e. The van der Waals surface area contributed by atoms with Gasteiger partial charge in [0.1, 0.15) is 5.75 Å². The molecule has 1 fully saturated rings. The number of piperidine rings is 1. The SMILES string of the molecule is O=C(Nc1ccc(OC(F)(F)F)cc1)N1CCCC(C2(Cc3cccc(Cl)c3)C(=O)Nc3cc(Cl)ccc32)C1. The molecule has 3 aromatic rings. The molecular formula is C28H24Cl2F3N3O3. The summed E-state index contributed by atoms with van der Waals surface area (Å²) < 4.78 is 41.2. The lowest BCUT2D eigenvalue weighted by atomic mass is 9.65. The first-order chi connectivity index (χ1) is 18.5. The van der Waals surface area contributed by atoms with Gasteiger partial charge in [-0.2, -0.15) is 0 Å². The number of alkyl halides is 3. The molecule has 2 N–H and O–H groups in total. The molecule has 2 aliphatic heterocycles. The van der Waals surface area contributed by atoms with Crippen molar-refractivity contribution < 1.29 is 27.5 Å². The summed E-state index contributed by atoms with van der Waals surface area (Å²) in [6.07, 6.45) is -3.03. The van der Waals surface area contributed by atoms with E-state index in [4.69, 9.17) is 23.2 Å². The topological polar surface area (TPSA) is 70.7 Å². The summed E-state index contributed by atoms with van der Waals surface area (Å²) in [7, 11) is 0. The molecule has 204 valence electrons. The number of fused-ring (bicyclic) bond motifs is 1. The van der Waals surface area contributed by atoms with E-state index in [2.05, 4.69) is 15.4 Å². The Morgan fingerprint density at radius 2 is 1.82 bits per heavy atom. The molecule has 3 aromatic carbocycles. The highest BCUT2D eigenvalue weighted by molar-refractivity contribution is 6.31. The van der Waals surface area contributed by atoms with Gasteiger partial charge in [-0.05, 0) is 84.8 Å². The molecule has 0 aromatic heterocycles. The molecule has 3 amide bonds. The maximum absolute atomic E-state index is 13.8. The van der Waals surface area contributed by atoms with E-state index in [0.717, 1.165) is 23.3 Å². The van der Waals surface area contributed by atoms with E-state index in [9.17, 15) is 22.8 Å². The molecule has 2 heterocycles. The first-order valence-electron chi connectivity index (χ1n) is 12.3. The number of carbonyl (C=O) groups is 2. The number of rotatable bonds is 5. The summed E-state index contributed by atoms with van der Waals surface area (Å²) in [6, 6.07) is 17.3. The van der Waals surface area contributed by atoms with Crippen LogP contribution in [0.15, 0.2) is 66.7 Å². The molecule has 0 spiro atoms. The van der Waals surface area contributed by atoms with Crippen LogP contribution in [0.3, 0.4) is 0 Å². The van der Waals surface area contributed by atoms with Crippen LogP contribution < -0.4 is 15.4 Å². The quantitative estimate of drug-likeness (QED) is 0.335. The molecular weight excluding hydrogens is 554 g/mol. The normalized spacial score (nSPS) is 20.8. The van der Waals surface area contributed by atoms with Gasteiger partial charge in [-0.15, -0.1) is 13.2 Å². The lowest BCUT2D eigenvalue weighted by Crippen LogP contribution is -2.52. The number of hydrogen-bond acceptors (Lipinski definition) is 3. The number of hydrogen-bond donors (Lipinski definition) is 2. The Labute approximate surface area is 233 Å².